The summed E-state index contributed by atoms with van der Waals surface area (Å²) in [6.45, 7) is 2.18. The van der Waals surface area contributed by atoms with Crippen molar-refractivity contribution in [3.63, 3.8) is 0 Å². The predicted octanol–water partition coefficient (Wildman–Crippen LogP) is 6.09. The Morgan fingerprint density at radius 1 is 1.00 bits per heavy atom. The Balaban J connectivity index is 1.63. The van der Waals surface area contributed by atoms with E-state index in [9.17, 15) is 0 Å². The van der Waals surface area contributed by atoms with Crippen LogP contribution in [0.1, 0.15) is 23.7 Å². The van der Waals surface area contributed by atoms with Crippen molar-refractivity contribution in [2.75, 3.05) is 0 Å². The summed E-state index contributed by atoms with van der Waals surface area (Å²) in [5.41, 5.74) is 4.68. The molecule has 4 rings (SSSR count). The summed E-state index contributed by atoms with van der Waals surface area (Å²) in [6, 6.07) is 19.1. The molecule has 0 fully saturated rings. The smallest absolute Gasteiger partial charge is 0.124 e. The first-order valence-electron chi connectivity index (χ1n) is 8.40. The lowest BCUT2D eigenvalue weighted by Crippen LogP contribution is -1.81. The van der Waals surface area contributed by atoms with Gasteiger partial charge in [-0.1, -0.05) is 43.3 Å². The van der Waals surface area contributed by atoms with E-state index in [4.69, 9.17) is 4.98 Å². The highest BCUT2D eigenvalue weighted by atomic mass is 32.1. The molecule has 0 aliphatic rings. The largest absolute Gasteiger partial charge is 0.264 e. The van der Waals surface area contributed by atoms with Gasteiger partial charge >= 0.3 is 0 Å². The van der Waals surface area contributed by atoms with Crippen LogP contribution in [-0.2, 0) is 6.42 Å². The number of rotatable bonds is 4. The van der Waals surface area contributed by atoms with Crippen molar-refractivity contribution in [1.29, 1.82) is 0 Å². The number of benzene rings is 1. The summed E-state index contributed by atoms with van der Waals surface area (Å²) in [5, 5.41) is 1.17. The molecule has 0 atom stereocenters. The molecule has 25 heavy (non-hydrogen) atoms. The molecule has 3 heterocycles. The van der Waals surface area contributed by atoms with E-state index < -0.39 is 0 Å². The molecule has 0 spiro atoms. The fraction of sp³-hybridized carbons (Fsp3) is 0.0909. The van der Waals surface area contributed by atoms with Gasteiger partial charge in [0.25, 0.3) is 0 Å². The lowest BCUT2D eigenvalue weighted by Gasteiger charge is -1.98. The first kappa shape index (κ1) is 15.7. The number of nitrogens with zero attached hydrogens (tertiary/aromatic N) is 2. The van der Waals surface area contributed by atoms with Gasteiger partial charge in [0.2, 0.25) is 0 Å². The van der Waals surface area contributed by atoms with Crippen molar-refractivity contribution >= 4 is 33.7 Å². The maximum Gasteiger partial charge on any atom is 0.124 e. The van der Waals surface area contributed by atoms with Gasteiger partial charge in [-0.15, -0.1) is 11.3 Å². The topological polar surface area (TPSA) is 25.8 Å². The lowest BCUT2D eigenvalue weighted by atomic mass is 10.1. The van der Waals surface area contributed by atoms with Gasteiger partial charge in [0.05, 0.1) is 5.69 Å². The van der Waals surface area contributed by atoms with Crippen LogP contribution >= 0.6 is 11.3 Å². The van der Waals surface area contributed by atoms with Crippen molar-refractivity contribution in [2.24, 2.45) is 0 Å². The van der Waals surface area contributed by atoms with Crippen molar-refractivity contribution in [3.8, 4) is 10.4 Å². The third-order valence-electron chi connectivity index (χ3n) is 4.16. The Kier molecular flexibility index (Phi) is 4.40. The molecule has 0 aliphatic carbocycles. The Hall–Kier alpha value is -2.78. The zero-order chi connectivity index (χ0) is 17.1. The van der Waals surface area contributed by atoms with Gasteiger partial charge in [-0.2, -0.15) is 0 Å². The summed E-state index contributed by atoms with van der Waals surface area (Å²) in [7, 11) is 0. The molecule has 0 N–H and O–H groups in total. The minimum atomic E-state index is 0.981. The minimum absolute atomic E-state index is 0.981. The van der Waals surface area contributed by atoms with Crippen LogP contribution in [0.4, 0.5) is 0 Å². The van der Waals surface area contributed by atoms with E-state index in [0.29, 0.717) is 0 Å². The minimum Gasteiger partial charge on any atom is -0.264 e. The molecular weight excluding hydrogens is 324 g/mol. The second-order valence-corrected chi connectivity index (χ2v) is 6.95. The van der Waals surface area contributed by atoms with E-state index in [1.165, 1.54) is 21.4 Å². The summed E-state index contributed by atoms with van der Waals surface area (Å²) < 4.78 is 0. The summed E-state index contributed by atoms with van der Waals surface area (Å²) in [5.74, 6) is 0. The molecule has 3 aromatic heterocycles. The number of pyridine rings is 2. The second kappa shape index (κ2) is 6.99. The molecule has 3 heteroatoms. The summed E-state index contributed by atoms with van der Waals surface area (Å²) in [6.07, 6.45) is 8.95. The molecule has 0 amide bonds. The maximum atomic E-state index is 4.79. The van der Waals surface area contributed by atoms with Crippen LogP contribution in [0.2, 0.25) is 0 Å². The average molecular weight is 342 g/mol. The van der Waals surface area contributed by atoms with E-state index >= 15 is 0 Å². The van der Waals surface area contributed by atoms with E-state index in [1.54, 1.807) is 17.5 Å². The number of aromatic nitrogens is 2. The zero-order valence-corrected chi connectivity index (χ0v) is 14.8. The van der Waals surface area contributed by atoms with Crippen molar-refractivity contribution < 1.29 is 0 Å². The number of fused-ring (bicyclic) bond motifs is 1. The first-order valence-corrected chi connectivity index (χ1v) is 9.21. The van der Waals surface area contributed by atoms with Gasteiger partial charge in [0.1, 0.15) is 4.83 Å². The highest BCUT2D eigenvalue weighted by molar-refractivity contribution is 7.21. The molecule has 1 aromatic carbocycles. The number of hydrogen-bond donors (Lipinski definition) is 0. The third kappa shape index (κ3) is 3.52. The predicted molar refractivity (Wildman–Crippen MR) is 108 cm³/mol. The zero-order valence-electron chi connectivity index (χ0n) is 14.0. The molecule has 2 nitrogen and oxygen atoms in total. The molecule has 0 saturated heterocycles. The monoisotopic (exact) mass is 342 g/mol. The number of thiophene rings is 1. The lowest BCUT2D eigenvalue weighted by molar-refractivity contribution is 1.14. The Morgan fingerprint density at radius 3 is 2.80 bits per heavy atom. The molecule has 0 unspecified atom stereocenters. The van der Waals surface area contributed by atoms with Gasteiger partial charge in [0, 0.05) is 28.2 Å². The standard InChI is InChI=1S/C22H18N2S/c1-2-16-5-3-6-17(13-16)8-10-20-11-9-18-14-21(25-22(18)24-20)19-7-4-12-23-15-19/h3-15H,2H2,1H3/b10-8+. The highest BCUT2D eigenvalue weighted by Crippen LogP contribution is 2.32. The van der Waals surface area contributed by atoms with Gasteiger partial charge in [0.15, 0.2) is 0 Å². The SMILES string of the molecule is CCc1cccc(/C=C/c2ccc3cc(-c4cccnc4)sc3n2)c1. The molecule has 0 saturated carbocycles. The van der Waals surface area contributed by atoms with Gasteiger partial charge in [-0.25, -0.2) is 4.98 Å². The number of aryl methyl sites for hydroxylation is 1. The Bertz CT molecular complexity index is 1030. The van der Waals surface area contributed by atoms with E-state index in [0.717, 1.165) is 22.5 Å². The summed E-state index contributed by atoms with van der Waals surface area (Å²) >= 11 is 1.71. The van der Waals surface area contributed by atoms with Crippen LogP contribution in [-0.4, -0.2) is 9.97 Å². The molecule has 0 radical (unpaired) electrons. The van der Waals surface area contributed by atoms with Crippen LogP contribution in [0.5, 0.6) is 0 Å². The third-order valence-corrected chi connectivity index (χ3v) is 5.25. The van der Waals surface area contributed by atoms with Crippen molar-refractivity contribution in [2.45, 2.75) is 13.3 Å². The Labute approximate surface area is 151 Å². The van der Waals surface area contributed by atoms with E-state index in [2.05, 4.69) is 72.6 Å². The van der Waals surface area contributed by atoms with Crippen LogP contribution in [0, 0.1) is 0 Å². The normalized spacial score (nSPS) is 11.4. The molecule has 122 valence electrons. The fourth-order valence-electron chi connectivity index (χ4n) is 2.77. The van der Waals surface area contributed by atoms with Gasteiger partial charge < -0.3 is 0 Å². The summed E-state index contributed by atoms with van der Waals surface area (Å²) in [4.78, 5) is 11.3. The van der Waals surface area contributed by atoms with Crippen molar-refractivity contribution in [1.82, 2.24) is 9.97 Å². The molecule has 4 aromatic rings. The second-order valence-electron chi connectivity index (χ2n) is 5.91. The quantitative estimate of drug-likeness (QED) is 0.448. The highest BCUT2D eigenvalue weighted by Gasteiger charge is 2.05. The van der Waals surface area contributed by atoms with Crippen LogP contribution in [0.15, 0.2) is 67.0 Å². The fourth-order valence-corrected chi connectivity index (χ4v) is 3.80. The van der Waals surface area contributed by atoms with Gasteiger partial charge in [-0.05, 0) is 47.9 Å². The van der Waals surface area contributed by atoms with Gasteiger partial charge in [-0.3, -0.25) is 4.98 Å². The maximum absolute atomic E-state index is 4.79. The first-order chi connectivity index (χ1) is 12.3. The Morgan fingerprint density at radius 2 is 1.96 bits per heavy atom. The number of hydrogen-bond acceptors (Lipinski definition) is 3. The van der Waals surface area contributed by atoms with Crippen molar-refractivity contribution in [3.05, 3.63) is 83.8 Å². The van der Waals surface area contributed by atoms with Crippen LogP contribution in [0.3, 0.4) is 0 Å². The molecular formula is C22H18N2S. The molecule has 0 bridgehead atoms. The van der Waals surface area contributed by atoms with E-state index in [-0.39, 0.29) is 0 Å². The molecule has 0 aliphatic heterocycles. The van der Waals surface area contributed by atoms with Crippen LogP contribution in [0.25, 0.3) is 32.8 Å². The van der Waals surface area contributed by atoms with Crippen LogP contribution < -0.4 is 0 Å². The average Bonchev–Trinajstić information content (AvgIpc) is 3.10. The van der Waals surface area contributed by atoms with E-state index in [1.807, 2.05) is 12.3 Å².